The van der Waals surface area contributed by atoms with Crippen molar-refractivity contribution in [3.63, 3.8) is 0 Å². The van der Waals surface area contributed by atoms with E-state index in [4.69, 9.17) is 0 Å². The fraction of sp³-hybridized carbons (Fsp3) is 0.938. The molecule has 1 N–H and O–H groups in total. The maximum atomic E-state index is 14.8. The molecule has 1 rings (SSSR count). The first-order valence-electron chi connectivity index (χ1n) is 8.97. The van der Waals surface area contributed by atoms with Crippen LogP contribution in [0.1, 0.15) is 40.0 Å². The second kappa shape index (κ2) is 7.96. The van der Waals surface area contributed by atoms with E-state index in [0.29, 0.717) is 6.92 Å². The van der Waals surface area contributed by atoms with Gasteiger partial charge in [0.1, 0.15) is 0 Å². The van der Waals surface area contributed by atoms with Crippen LogP contribution in [0.25, 0.3) is 0 Å². The highest BCUT2D eigenvalue weighted by molar-refractivity contribution is 5.78. The summed E-state index contributed by atoms with van der Waals surface area (Å²) in [4.78, 5) is 12.1. The minimum atomic E-state index is -7.09. The summed E-state index contributed by atoms with van der Waals surface area (Å²) < 4.78 is 199. The van der Waals surface area contributed by atoms with Crippen LogP contribution in [-0.2, 0) is 14.3 Å². The largest absolute Gasteiger partial charge is 0.449 e. The van der Waals surface area contributed by atoms with Crippen molar-refractivity contribution in [2.75, 3.05) is 0 Å². The minimum absolute atomic E-state index is 0.163. The molecule has 1 heterocycles. The normalized spacial score (nSPS) is 32.8. The molecule has 0 aromatic carbocycles. The Hall–Kier alpha value is -1.59. The monoisotopic (exact) mass is 538 g/mol. The lowest BCUT2D eigenvalue weighted by atomic mass is 9.72. The van der Waals surface area contributed by atoms with E-state index in [1.54, 1.807) is 0 Å². The van der Waals surface area contributed by atoms with Gasteiger partial charge in [-0.3, -0.25) is 4.79 Å². The quantitative estimate of drug-likeness (QED) is 0.362. The van der Waals surface area contributed by atoms with Crippen molar-refractivity contribution in [1.29, 1.82) is 0 Å². The molecule has 1 saturated heterocycles. The van der Waals surface area contributed by atoms with Crippen molar-refractivity contribution >= 4 is 5.97 Å². The fourth-order valence-electron chi connectivity index (χ4n) is 3.13. The molecule has 4 unspecified atom stereocenters. The van der Waals surface area contributed by atoms with Crippen LogP contribution < -0.4 is 0 Å². The minimum Gasteiger partial charge on any atom is -0.442 e. The molecular weight excluding hydrogens is 522 g/mol. The Bertz CT molecular complexity index is 785. The molecule has 0 spiro atoms. The van der Waals surface area contributed by atoms with Crippen molar-refractivity contribution in [2.24, 2.45) is 5.41 Å². The van der Waals surface area contributed by atoms with E-state index in [-0.39, 0.29) is 13.8 Å². The predicted octanol–water partition coefficient (Wildman–Crippen LogP) is 5.83. The van der Waals surface area contributed by atoms with E-state index >= 15 is 0 Å². The number of hydrogen-bond donors (Lipinski definition) is 1. The molecule has 1 aliphatic rings. The third kappa shape index (κ3) is 3.97. The highest BCUT2D eigenvalue weighted by Crippen LogP contribution is 2.65. The summed E-state index contributed by atoms with van der Waals surface area (Å²) in [6, 6.07) is 0. The lowest BCUT2D eigenvalue weighted by molar-refractivity contribution is -0.537. The van der Waals surface area contributed by atoms with E-state index in [1.165, 1.54) is 0 Å². The summed E-state index contributed by atoms with van der Waals surface area (Å²) in [6.45, 7) is 0.585. The van der Waals surface area contributed by atoms with E-state index < -0.39 is 78.3 Å². The van der Waals surface area contributed by atoms with Crippen LogP contribution in [0.2, 0.25) is 0 Å². The first kappa shape index (κ1) is 30.4. The maximum absolute atomic E-state index is 14.8. The molecule has 0 radical (unpaired) electrons. The van der Waals surface area contributed by atoms with Crippen molar-refractivity contribution in [1.82, 2.24) is 0 Å². The van der Waals surface area contributed by atoms with Crippen LogP contribution in [-0.4, -0.2) is 58.7 Å². The van der Waals surface area contributed by atoms with Crippen molar-refractivity contribution in [3.8, 4) is 0 Å². The topological polar surface area (TPSA) is 55.8 Å². The van der Waals surface area contributed by atoms with Crippen LogP contribution in [0, 0.1) is 5.41 Å². The fourth-order valence-corrected chi connectivity index (χ4v) is 3.13. The lowest BCUT2D eigenvalue weighted by Gasteiger charge is -2.57. The molecule has 202 valence electrons. The first-order valence-corrected chi connectivity index (χ1v) is 8.97. The van der Waals surface area contributed by atoms with Gasteiger partial charge in [0.15, 0.2) is 11.0 Å². The third-order valence-electron chi connectivity index (χ3n) is 5.79. The maximum Gasteiger partial charge on any atom is 0.449 e. The Balaban J connectivity index is 4.11. The zero-order chi connectivity index (χ0) is 27.6. The Morgan fingerprint density at radius 1 is 0.882 bits per heavy atom. The van der Waals surface area contributed by atoms with Crippen molar-refractivity contribution in [2.45, 2.75) is 87.7 Å². The summed E-state index contributed by atoms with van der Waals surface area (Å²) in [5.74, 6) is -16.9. The number of carbonyl (C=O) groups is 1. The first-order chi connectivity index (χ1) is 14.7. The van der Waals surface area contributed by atoms with E-state index in [9.17, 15) is 71.4 Å². The highest BCUT2D eigenvalue weighted by atomic mass is 19.4. The van der Waals surface area contributed by atoms with E-state index in [2.05, 4.69) is 9.47 Å². The SMILES string of the molecule is CCC1(C(F)(F)F)CC(OC(=O)C(C)(CC)C(F)(F)F)(C(F)(F)F)C(F)(F)C(O)(C(F)(F)F)O1. The highest BCUT2D eigenvalue weighted by Gasteiger charge is 2.92. The zero-order valence-corrected chi connectivity index (χ0v) is 17.1. The predicted molar refractivity (Wildman–Crippen MR) is 80.1 cm³/mol. The Morgan fingerprint density at radius 2 is 1.32 bits per heavy atom. The molecule has 4 atom stereocenters. The van der Waals surface area contributed by atoms with Gasteiger partial charge in [-0.15, -0.1) is 0 Å². The number of alkyl halides is 14. The summed E-state index contributed by atoms with van der Waals surface area (Å²) in [5.41, 5.74) is -15.2. The van der Waals surface area contributed by atoms with Crippen LogP contribution >= 0.6 is 0 Å². The van der Waals surface area contributed by atoms with Gasteiger partial charge in [-0.05, 0) is 19.8 Å². The van der Waals surface area contributed by atoms with Gasteiger partial charge < -0.3 is 14.6 Å². The Morgan fingerprint density at radius 3 is 1.59 bits per heavy atom. The lowest BCUT2D eigenvalue weighted by Crippen LogP contribution is -2.82. The molecule has 0 saturated carbocycles. The van der Waals surface area contributed by atoms with E-state index in [1.807, 2.05) is 0 Å². The van der Waals surface area contributed by atoms with Gasteiger partial charge in [0.2, 0.25) is 0 Å². The second-order valence-electron chi connectivity index (χ2n) is 7.74. The molecule has 4 nitrogen and oxygen atoms in total. The zero-order valence-electron chi connectivity index (χ0n) is 17.1. The van der Waals surface area contributed by atoms with Gasteiger partial charge in [-0.1, -0.05) is 13.8 Å². The van der Waals surface area contributed by atoms with Gasteiger partial charge in [0.25, 0.3) is 5.60 Å². The van der Waals surface area contributed by atoms with Crippen molar-refractivity contribution < 1.29 is 80.8 Å². The molecular formula is C16H16F14O4. The molecule has 0 bridgehead atoms. The number of esters is 1. The summed E-state index contributed by atoms with van der Waals surface area (Å²) in [7, 11) is 0. The number of aliphatic hydroxyl groups is 1. The molecule has 34 heavy (non-hydrogen) atoms. The summed E-state index contributed by atoms with van der Waals surface area (Å²) in [6.07, 6.45) is -33.2. The molecule has 0 aromatic rings. The van der Waals surface area contributed by atoms with Crippen LogP contribution in [0.4, 0.5) is 61.5 Å². The standard InChI is InChI=1S/C16H16F14O4/c1-4-8(3,13(19,20)21)7(31)33-10(15(25,26)27)6-9(5-2,14(22,23)24)34-12(32,11(10,17)18)16(28,29)30/h32H,4-6H2,1-3H3. The molecule has 0 aromatic heterocycles. The molecule has 1 fully saturated rings. The summed E-state index contributed by atoms with van der Waals surface area (Å²) in [5, 5.41) is 9.49. The van der Waals surface area contributed by atoms with Gasteiger partial charge >= 0.3 is 42.4 Å². The van der Waals surface area contributed by atoms with Gasteiger partial charge in [-0.25, -0.2) is 0 Å². The van der Waals surface area contributed by atoms with Crippen LogP contribution in [0.3, 0.4) is 0 Å². The molecule has 18 heteroatoms. The summed E-state index contributed by atoms with van der Waals surface area (Å²) >= 11 is 0. The molecule has 0 aliphatic carbocycles. The second-order valence-corrected chi connectivity index (χ2v) is 7.74. The van der Waals surface area contributed by atoms with Gasteiger partial charge in [0.05, 0.1) is 0 Å². The van der Waals surface area contributed by atoms with Gasteiger partial charge in [-0.2, -0.15) is 61.5 Å². The number of carbonyl (C=O) groups excluding carboxylic acids is 1. The van der Waals surface area contributed by atoms with Crippen LogP contribution in [0.5, 0.6) is 0 Å². The molecule has 0 amide bonds. The van der Waals surface area contributed by atoms with Crippen molar-refractivity contribution in [3.05, 3.63) is 0 Å². The van der Waals surface area contributed by atoms with Gasteiger partial charge in [0, 0.05) is 6.42 Å². The molecule has 1 aliphatic heterocycles. The number of ether oxygens (including phenoxy) is 2. The van der Waals surface area contributed by atoms with E-state index in [0.717, 1.165) is 0 Å². The smallest absolute Gasteiger partial charge is 0.442 e. The number of hydrogen-bond acceptors (Lipinski definition) is 4. The Labute approximate surface area is 181 Å². The van der Waals surface area contributed by atoms with Crippen LogP contribution in [0.15, 0.2) is 0 Å². The number of halogens is 14. The number of rotatable bonds is 4. The Kier molecular flexibility index (Phi) is 7.13. The average Bonchev–Trinajstić information content (AvgIpc) is 2.60. The third-order valence-corrected chi connectivity index (χ3v) is 5.79. The average molecular weight is 538 g/mol.